The van der Waals surface area contributed by atoms with Crippen LogP contribution in [0.2, 0.25) is 0 Å². The summed E-state index contributed by atoms with van der Waals surface area (Å²) in [5.41, 5.74) is 2.14. The molecule has 1 aliphatic carbocycles. The predicted octanol–water partition coefficient (Wildman–Crippen LogP) is 4.20. The van der Waals surface area contributed by atoms with Crippen LogP contribution in [0.15, 0.2) is 52.9 Å². The normalized spacial score (nSPS) is 13.7. The van der Waals surface area contributed by atoms with Crippen molar-refractivity contribution >= 4 is 11.7 Å². The zero-order chi connectivity index (χ0) is 17.4. The Labute approximate surface area is 146 Å². The lowest BCUT2D eigenvalue weighted by Gasteiger charge is -2.15. The summed E-state index contributed by atoms with van der Waals surface area (Å²) in [7, 11) is 1.72. The van der Waals surface area contributed by atoms with Crippen molar-refractivity contribution in [2.45, 2.75) is 25.7 Å². The highest BCUT2D eigenvalue weighted by Gasteiger charge is 2.35. The summed E-state index contributed by atoms with van der Waals surface area (Å²) in [4.78, 5) is 23.5. The highest BCUT2D eigenvalue weighted by atomic mass is 16.4. The average Bonchev–Trinajstić information content (AvgIpc) is 3.39. The monoisotopic (exact) mass is 333 g/mol. The number of carbonyl (C=O) groups excluding carboxylic acids is 1. The minimum Gasteiger partial charge on any atom is -0.440 e. The molecule has 0 aliphatic heterocycles. The number of amides is 1. The Morgan fingerprint density at radius 3 is 2.52 bits per heavy atom. The highest BCUT2D eigenvalue weighted by molar-refractivity contribution is 6.05. The quantitative estimate of drug-likeness (QED) is 0.718. The van der Waals surface area contributed by atoms with E-state index in [1.807, 2.05) is 55.5 Å². The molecule has 2 aromatic heterocycles. The average molecular weight is 333 g/mol. The third-order valence-electron chi connectivity index (χ3n) is 4.35. The second-order valence-corrected chi connectivity index (χ2v) is 6.37. The van der Waals surface area contributed by atoms with Gasteiger partial charge in [0.25, 0.3) is 5.91 Å². The SMILES string of the molecule is Cc1cccc(N(C)C(=O)c2nc(-c3ccccc3)oc2C2CC2)n1. The number of rotatable bonds is 4. The number of carbonyl (C=O) groups is 1. The fraction of sp³-hybridized carbons (Fsp3) is 0.250. The van der Waals surface area contributed by atoms with E-state index in [4.69, 9.17) is 4.42 Å². The van der Waals surface area contributed by atoms with Gasteiger partial charge < -0.3 is 4.42 Å². The first-order valence-electron chi connectivity index (χ1n) is 8.41. The minimum absolute atomic E-state index is 0.189. The van der Waals surface area contributed by atoms with E-state index in [1.54, 1.807) is 7.05 Å². The van der Waals surface area contributed by atoms with Crippen LogP contribution in [0, 0.1) is 6.92 Å². The van der Waals surface area contributed by atoms with E-state index in [-0.39, 0.29) is 5.91 Å². The number of pyridine rings is 1. The molecule has 0 unspecified atom stereocenters. The lowest BCUT2D eigenvalue weighted by Crippen LogP contribution is -2.28. The number of nitrogens with zero attached hydrogens (tertiary/aromatic N) is 3. The number of aromatic nitrogens is 2. The molecule has 0 spiro atoms. The highest BCUT2D eigenvalue weighted by Crippen LogP contribution is 2.43. The van der Waals surface area contributed by atoms with Crippen molar-refractivity contribution in [3.05, 3.63) is 65.7 Å². The van der Waals surface area contributed by atoms with Crippen LogP contribution in [0.4, 0.5) is 5.82 Å². The Hall–Kier alpha value is -2.95. The van der Waals surface area contributed by atoms with Crippen LogP contribution < -0.4 is 4.90 Å². The van der Waals surface area contributed by atoms with Gasteiger partial charge in [0.15, 0.2) is 5.69 Å². The molecule has 1 aromatic carbocycles. The molecule has 1 amide bonds. The Kier molecular flexibility index (Phi) is 3.84. The summed E-state index contributed by atoms with van der Waals surface area (Å²) >= 11 is 0. The molecule has 2 heterocycles. The van der Waals surface area contributed by atoms with E-state index in [9.17, 15) is 4.79 Å². The van der Waals surface area contributed by atoms with Gasteiger partial charge in [-0.3, -0.25) is 9.69 Å². The largest absolute Gasteiger partial charge is 0.440 e. The van der Waals surface area contributed by atoms with Crippen LogP contribution in [0.1, 0.15) is 40.7 Å². The summed E-state index contributed by atoms with van der Waals surface area (Å²) in [6.45, 7) is 1.90. The first kappa shape index (κ1) is 15.6. The van der Waals surface area contributed by atoms with Gasteiger partial charge in [0.05, 0.1) is 0 Å². The standard InChI is InChI=1S/C20H19N3O2/c1-13-7-6-10-16(21-13)23(2)20(24)17-18(14-11-12-14)25-19(22-17)15-8-4-3-5-9-15/h3-10,14H,11-12H2,1-2H3. The molecule has 1 aliphatic rings. The summed E-state index contributed by atoms with van der Waals surface area (Å²) in [6.07, 6.45) is 2.08. The van der Waals surface area contributed by atoms with Crippen LogP contribution in [0.5, 0.6) is 0 Å². The second-order valence-electron chi connectivity index (χ2n) is 6.37. The summed E-state index contributed by atoms with van der Waals surface area (Å²) < 4.78 is 5.98. The molecule has 5 nitrogen and oxygen atoms in total. The molecule has 5 heteroatoms. The Balaban J connectivity index is 1.71. The lowest BCUT2D eigenvalue weighted by molar-refractivity contribution is 0.0986. The minimum atomic E-state index is -0.189. The van der Waals surface area contributed by atoms with E-state index >= 15 is 0 Å². The molecule has 1 saturated carbocycles. The van der Waals surface area contributed by atoms with Crippen molar-refractivity contribution in [1.29, 1.82) is 0 Å². The molecule has 4 rings (SSSR count). The molecule has 0 bridgehead atoms. The van der Waals surface area contributed by atoms with Crippen molar-refractivity contribution in [2.75, 3.05) is 11.9 Å². The van der Waals surface area contributed by atoms with Gasteiger partial charge in [-0.1, -0.05) is 24.3 Å². The van der Waals surface area contributed by atoms with Gasteiger partial charge in [0.1, 0.15) is 11.6 Å². The van der Waals surface area contributed by atoms with Crippen LogP contribution in [0.25, 0.3) is 11.5 Å². The van der Waals surface area contributed by atoms with Crippen molar-refractivity contribution in [2.24, 2.45) is 0 Å². The molecule has 126 valence electrons. The van der Waals surface area contributed by atoms with Gasteiger partial charge in [0, 0.05) is 24.2 Å². The molecular formula is C20H19N3O2. The lowest BCUT2D eigenvalue weighted by atomic mass is 10.2. The summed E-state index contributed by atoms with van der Waals surface area (Å²) in [6, 6.07) is 15.3. The van der Waals surface area contributed by atoms with E-state index in [0.717, 1.165) is 24.1 Å². The third kappa shape index (κ3) is 3.05. The van der Waals surface area contributed by atoms with Gasteiger partial charge in [0.2, 0.25) is 5.89 Å². The van der Waals surface area contributed by atoms with Gasteiger partial charge in [-0.05, 0) is 44.0 Å². The number of oxazole rings is 1. The fourth-order valence-electron chi connectivity index (χ4n) is 2.79. The number of aryl methyl sites for hydroxylation is 1. The zero-order valence-electron chi connectivity index (χ0n) is 14.3. The van der Waals surface area contributed by atoms with Gasteiger partial charge in [-0.2, -0.15) is 0 Å². The van der Waals surface area contributed by atoms with Crippen LogP contribution >= 0.6 is 0 Å². The topological polar surface area (TPSA) is 59.2 Å². The van der Waals surface area contributed by atoms with E-state index in [1.165, 1.54) is 4.90 Å². The summed E-state index contributed by atoms with van der Waals surface area (Å²) in [5.74, 6) is 1.91. The molecule has 0 atom stereocenters. The van der Waals surface area contributed by atoms with Crippen LogP contribution in [-0.4, -0.2) is 22.9 Å². The molecule has 0 saturated heterocycles. The molecule has 3 aromatic rings. The van der Waals surface area contributed by atoms with Gasteiger partial charge in [-0.15, -0.1) is 0 Å². The maximum Gasteiger partial charge on any atom is 0.281 e. The van der Waals surface area contributed by atoms with Crippen molar-refractivity contribution in [3.8, 4) is 11.5 Å². The zero-order valence-corrected chi connectivity index (χ0v) is 14.3. The van der Waals surface area contributed by atoms with E-state index in [2.05, 4.69) is 9.97 Å². The molecule has 0 radical (unpaired) electrons. The Bertz CT molecular complexity index is 914. The van der Waals surface area contributed by atoms with Crippen LogP contribution in [0.3, 0.4) is 0 Å². The maximum absolute atomic E-state index is 13.0. The first-order chi connectivity index (χ1) is 12.1. The number of benzene rings is 1. The predicted molar refractivity (Wildman–Crippen MR) is 95.6 cm³/mol. The van der Waals surface area contributed by atoms with Crippen LogP contribution in [-0.2, 0) is 0 Å². The van der Waals surface area contributed by atoms with Crippen molar-refractivity contribution in [3.63, 3.8) is 0 Å². The fourth-order valence-corrected chi connectivity index (χ4v) is 2.79. The maximum atomic E-state index is 13.0. The summed E-state index contributed by atoms with van der Waals surface area (Å²) in [5, 5.41) is 0. The van der Waals surface area contributed by atoms with E-state index in [0.29, 0.717) is 29.1 Å². The second kappa shape index (κ2) is 6.16. The van der Waals surface area contributed by atoms with Crippen molar-refractivity contribution < 1.29 is 9.21 Å². The van der Waals surface area contributed by atoms with Gasteiger partial charge in [-0.25, -0.2) is 9.97 Å². The molecule has 0 N–H and O–H groups in total. The number of anilines is 1. The molecule has 1 fully saturated rings. The Morgan fingerprint density at radius 1 is 1.08 bits per heavy atom. The Morgan fingerprint density at radius 2 is 1.84 bits per heavy atom. The molecular weight excluding hydrogens is 314 g/mol. The smallest absolute Gasteiger partial charge is 0.281 e. The van der Waals surface area contributed by atoms with Gasteiger partial charge >= 0.3 is 0 Å². The number of hydrogen-bond donors (Lipinski definition) is 0. The van der Waals surface area contributed by atoms with Crippen molar-refractivity contribution in [1.82, 2.24) is 9.97 Å². The van der Waals surface area contributed by atoms with E-state index < -0.39 is 0 Å². The first-order valence-corrected chi connectivity index (χ1v) is 8.41. The number of hydrogen-bond acceptors (Lipinski definition) is 4. The third-order valence-corrected chi connectivity index (χ3v) is 4.35. The molecule has 25 heavy (non-hydrogen) atoms.